The number of rotatable bonds is 4. The molecule has 2 heterocycles. The molecule has 0 radical (unpaired) electrons. The molecule has 0 spiro atoms. The second-order valence-corrected chi connectivity index (χ2v) is 6.15. The number of benzene rings is 1. The van der Waals surface area contributed by atoms with Gasteiger partial charge in [-0.3, -0.25) is 4.79 Å². The fourth-order valence-corrected chi connectivity index (χ4v) is 2.79. The van der Waals surface area contributed by atoms with Crippen molar-refractivity contribution in [1.29, 1.82) is 0 Å². The van der Waals surface area contributed by atoms with Crippen LogP contribution < -0.4 is 16.0 Å². The average Bonchev–Trinajstić information content (AvgIpc) is 3.10. The molecule has 0 aliphatic carbocycles. The van der Waals surface area contributed by atoms with E-state index in [0.29, 0.717) is 6.42 Å². The van der Waals surface area contributed by atoms with Crippen LogP contribution in [0.1, 0.15) is 48.6 Å². The Morgan fingerprint density at radius 3 is 2.62 bits per heavy atom. The van der Waals surface area contributed by atoms with Crippen molar-refractivity contribution in [2.45, 2.75) is 39.3 Å². The van der Waals surface area contributed by atoms with Crippen molar-refractivity contribution in [1.82, 2.24) is 10.6 Å². The molecule has 2 aromatic rings. The van der Waals surface area contributed by atoms with Crippen LogP contribution in [0.25, 0.3) is 0 Å². The molecule has 1 aliphatic heterocycles. The van der Waals surface area contributed by atoms with Crippen molar-refractivity contribution in [3.05, 3.63) is 53.0 Å². The lowest BCUT2D eigenvalue weighted by atomic mass is 10.0. The van der Waals surface area contributed by atoms with Gasteiger partial charge in [-0.15, -0.1) is 0 Å². The summed E-state index contributed by atoms with van der Waals surface area (Å²) in [5.74, 6) is 1.54. The van der Waals surface area contributed by atoms with Crippen LogP contribution in [-0.4, -0.2) is 11.9 Å². The minimum Gasteiger partial charge on any atom is -0.464 e. The second-order valence-electron chi connectivity index (χ2n) is 6.15. The van der Waals surface area contributed by atoms with Crippen molar-refractivity contribution in [2.24, 2.45) is 0 Å². The van der Waals surface area contributed by atoms with E-state index in [1.807, 2.05) is 51.1 Å². The molecule has 126 valence electrons. The number of amides is 3. The molecule has 2 atom stereocenters. The van der Waals surface area contributed by atoms with E-state index in [4.69, 9.17) is 4.42 Å². The third-order valence-electron chi connectivity index (χ3n) is 4.14. The summed E-state index contributed by atoms with van der Waals surface area (Å²) >= 11 is 0. The molecule has 6 nitrogen and oxygen atoms in total. The first-order valence-electron chi connectivity index (χ1n) is 7.98. The van der Waals surface area contributed by atoms with E-state index in [0.717, 1.165) is 28.3 Å². The average molecular weight is 327 g/mol. The molecule has 1 aliphatic rings. The summed E-state index contributed by atoms with van der Waals surface area (Å²) < 4.78 is 5.51. The zero-order valence-electron chi connectivity index (χ0n) is 14.0. The lowest BCUT2D eigenvalue weighted by molar-refractivity contribution is -0.115. The van der Waals surface area contributed by atoms with E-state index < -0.39 is 0 Å². The van der Waals surface area contributed by atoms with Gasteiger partial charge < -0.3 is 20.4 Å². The summed E-state index contributed by atoms with van der Waals surface area (Å²) in [6.07, 6.45) is 0.386. The fourth-order valence-electron chi connectivity index (χ4n) is 2.79. The summed E-state index contributed by atoms with van der Waals surface area (Å²) in [4.78, 5) is 23.6. The van der Waals surface area contributed by atoms with Crippen LogP contribution in [0.15, 0.2) is 34.7 Å². The molecular formula is C18H21N3O3. The molecule has 6 heteroatoms. The van der Waals surface area contributed by atoms with Crippen molar-refractivity contribution < 1.29 is 14.0 Å². The first-order valence-corrected chi connectivity index (χ1v) is 7.98. The molecule has 0 fully saturated rings. The largest absolute Gasteiger partial charge is 0.464 e. The fraction of sp³-hybridized carbons (Fsp3) is 0.333. The molecule has 0 unspecified atom stereocenters. The van der Waals surface area contributed by atoms with Gasteiger partial charge in [0.05, 0.1) is 18.5 Å². The summed E-state index contributed by atoms with van der Waals surface area (Å²) in [5.41, 5.74) is 2.77. The maximum absolute atomic E-state index is 12.2. The maximum Gasteiger partial charge on any atom is 0.315 e. The monoisotopic (exact) mass is 327 g/mol. The number of furan rings is 1. The summed E-state index contributed by atoms with van der Waals surface area (Å²) in [6, 6.07) is 8.82. The molecule has 3 N–H and O–H groups in total. The predicted molar refractivity (Wildman–Crippen MR) is 90.7 cm³/mol. The number of carbonyl (C=O) groups excluding carboxylic acids is 2. The van der Waals surface area contributed by atoms with Crippen LogP contribution in [0.3, 0.4) is 0 Å². The van der Waals surface area contributed by atoms with Crippen molar-refractivity contribution in [3.63, 3.8) is 0 Å². The Morgan fingerprint density at radius 1 is 1.17 bits per heavy atom. The second kappa shape index (κ2) is 6.39. The Balaban J connectivity index is 1.60. The van der Waals surface area contributed by atoms with Crippen LogP contribution in [0.4, 0.5) is 10.5 Å². The highest BCUT2D eigenvalue weighted by Crippen LogP contribution is 2.26. The highest BCUT2D eigenvalue weighted by Gasteiger charge is 2.20. The van der Waals surface area contributed by atoms with Gasteiger partial charge in [0.15, 0.2) is 0 Å². The van der Waals surface area contributed by atoms with E-state index in [2.05, 4.69) is 16.0 Å². The molecule has 1 aromatic carbocycles. The molecule has 3 amide bonds. The molecule has 0 bridgehead atoms. The minimum absolute atomic E-state index is 0.00284. The Labute approximate surface area is 140 Å². The number of nitrogens with one attached hydrogen (secondary N) is 3. The highest BCUT2D eigenvalue weighted by molar-refractivity contribution is 5.99. The summed E-state index contributed by atoms with van der Waals surface area (Å²) in [5, 5.41) is 8.57. The van der Waals surface area contributed by atoms with E-state index in [1.54, 1.807) is 0 Å². The molecule has 1 aromatic heterocycles. The van der Waals surface area contributed by atoms with Crippen molar-refractivity contribution >= 4 is 17.6 Å². The third-order valence-corrected chi connectivity index (χ3v) is 4.14. The van der Waals surface area contributed by atoms with Crippen LogP contribution in [-0.2, 0) is 11.2 Å². The maximum atomic E-state index is 12.2. The van der Waals surface area contributed by atoms with E-state index in [1.165, 1.54) is 0 Å². The number of anilines is 1. The topological polar surface area (TPSA) is 83.4 Å². The molecule has 0 saturated heterocycles. The van der Waals surface area contributed by atoms with Gasteiger partial charge in [-0.05, 0) is 50.1 Å². The number of fused-ring (bicyclic) bond motifs is 1. The SMILES string of the molecule is Cc1ccc([C@H](C)NC(=O)N[C@@H](C)c2ccc3c(c2)CC(=O)N3)o1. The number of aryl methyl sites for hydroxylation is 1. The number of hydrogen-bond donors (Lipinski definition) is 3. The number of carbonyl (C=O) groups is 2. The molecule has 24 heavy (non-hydrogen) atoms. The van der Waals surface area contributed by atoms with Gasteiger partial charge in [0, 0.05) is 5.69 Å². The molecule has 3 rings (SSSR count). The van der Waals surface area contributed by atoms with Crippen LogP contribution in [0, 0.1) is 6.92 Å². The standard InChI is InChI=1S/C18H21N3O3/c1-10-4-7-16(24-10)12(3)20-18(23)19-11(2)13-5-6-15-14(8-13)9-17(22)21-15/h4-8,11-12H,9H2,1-3H3,(H,21,22)(H2,19,20,23)/t11-,12-/m0/s1. The van der Waals surface area contributed by atoms with E-state index in [-0.39, 0.29) is 24.0 Å². The van der Waals surface area contributed by atoms with Crippen LogP contribution in [0.5, 0.6) is 0 Å². The third kappa shape index (κ3) is 3.42. The zero-order chi connectivity index (χ0) is 17.3. The van der Waals surface area contributed by atoms with Crippen molar-refractivity contribution in [3.8, 4) is 0 Å². The smallest absolute Gasteiger partial charge is 0.315 e. The highest BCUT2D eigenvalue weighted by atomic mass is 16.3. The molecular weight excluding hydrogens is 306 g/mol. The van der Waals surface area contributed by atoms with Gasteiger partial charge in [0.2, 0.25) is 5.91 Å². The first-order chi connectivity index (χ1) is 11.4. The van der Waals surface area contributed by atoms with Crippen LogP contribution in [0.2, 0.25) is 0 Å². The Hall–Kier alpha value is -2.76. The Bertz CT molecular complexity index is 782. The van der Waals surface area contributed by atoms with E-state index >= 15 is 0 Å². The normalized spacial score (nSPS) is 15.4. The Morgan fingerprint density at radius 2 is 1.92 bits per heavy atom. The number of urea groups is 1. The predicted octanol–water partition coefficient (Wildman–Crippen LogP) is 3.20. The van der Waals surface area contributed by atoms with Gasteiger partial charge in [0.25, 0.3) is 0 Å². The lowest BCUT2D eigenvalue weighted by Crippen LogP contribution is -2.38. The molecule has 0 saturated carbocycles. The van der Waals surface area contributed by atoms with Gasteiger partial charge in [-0.25, -0.2) is 4.79 Å². The van der Waals surface area contributed by atoms with Gasteiger partial charge in [-0.1, -0.05) is 12.1 Å². The summed E-state index contributed by atoms with van der Waals surface area (Å²) in [6.45, 7) is 5.65. The Kier molecular flexibility index (Phi) is 4.29. The van der Waals surface area contributed by atoms with Gasteiger partial charge in [0.1, 0.15) is 11.5 Å². The van der Waals surface area contributed by atoms with Gasteiger partial charge >= 0.3 is 6.03 Å². The quantitative estimate of drug-likeness (QED) is 0.806. The lowest BCUT2D eigenvalue weighted by Gasteiger charge is -2.18. The summed E-state index contributed by atoms with van der Waals surface area (Å²) in [7, 11) is 0. The minimum atomic E-state index is -0.265. The van der Waals surface area contributed by atoms with Gasteiger partial charge in [-0.2, -0.15) is 0 Å². The zero-order valence-corrected chi connectivity index (χ0v) is 14.0. The van der Waals surface area contributed by atoms with E-state index in [9.17, 15) is 9.59 Å². The number of hydrogen-bond acceptors (Lipinski definition) is 3. The first kappa shape index (κ1) is 16.1. The van der Waals surface area contributed by atoms with Crippen molar-refractivity contribution in [2.75, 3.05) is 5.32 Å². The van der Waals surface area contributed by atoms with Crippen LogP contribution >= 0.6 is 0 Å².